The summed E-state index contributed by atoms with van der Waals surface area (Å²) in [6.45, 7) is 10.1. The first-order valence-corrected chi connectivity index (χ1v) is 8.29. The Labute approximate surface area is 123 Å². The van der Waals surface area contributed by atoms with Crippen LogP contribution in [0, 0.1) is 0 Å². The summed E-state index contributed by atoms with van der Waals surface area (Å²) < 4.78 is 0. The predicted molar refractivity (Wildman–Crippen MR) is 83.7 cm³/mol. The van der Waals surface area contributed by atoms with Crippen LogP contribution < -0.4 is 5.32 Å². The van der Waals surface area contributed by atoms with Gasteiger partial charge < -0.3 is 5.32 Å². The van der Waals surface area contributed by atoms with E-state index >= 15 is 0 Å². The number of piperazine rings is 1. The van der Waals surface area contributed by atoms with Crippen molar-refractivity contribution in [3.63, 3.8) is 0 Å². The first-order chi connectivity index (χ1) is 9.10. The van der Waals surface area contributed by atoms with E-state index in [1.165, 1.54) is 50.6 Å². The fourth-order valence-electron chi connectivity index (χ4n) is 3.86. The number of rotatable bonds is 4. The number of hydrogen-bond acceptors (Lipinski definition) is 2. The summed E-state index contributed by atoms with van der Waals surface area (Å²) in [5.41, 5.74) is 3.75. The maximum Gasteiger partial charge on any atom is 0.0338 e. The van der Waals surface area contributed by atoms with Gasteiger partial charge in [-0.05, 0) is 38.2 Å². The average molecular weight is 285 g/mol. The quantitative estimate of drug-likeness (QED) is 0.842. The van der Waals surface area contributed by atoms with Gasteiger partial charge in [0.1, 0.15) is 0 Å². The maximum absolute atomic E-state index is 5.90. The monoisotopic (exact) mass is 284 g/mol. The summed E-state index contributed by atoms with van der Waals surface area (Å²) in [5, 5.41) is 3.89. The van der Waals surface area contributed by atoms with Gasteiger partial charge in [0.2, 0.25) is 0 Å². The van der Waals surface area contributed by atoms with Gasteiger partial charge in [-0.25, -0.2) is 0 Å². The van der Waals surface area contributed by atoms with Gasteiger partial charge in [-0.1, -0.05) is 38.3 Å². The number of hydrogen-bond donors (Lipinski definition) is 1. The molecule has 1 saturated heterocycles. The second-order valence-corrected chi connectivity index (χ2v) is 6.80. The summed E-state index contributed by atoms with van der Waals surface area (Å²) in [6, 6.07) is 0. The largest absolute Gasteiger partial charge is 0.308 e. The Balaban J connectivity index is 2.18. The maximum atomic E-state index is 5.90. The number of nitrogens with one attached hydrogen (secondary N) is 1. The van der Waals surface area contributed by atoms with Crippen LogP contribution in [0.1, 0.15) is 59.3 Å². The van der Waals surface area contributed by atoms with Gasteiger partial charge in [0.05, 0.1) is 0 Å². The smallest absolute Gasteiger partial charge is 0.0338 e. The molecule has 0 amide bonds. The Morgan fingerprint density at radius 1 is 1.26 bits per heavy atom. The van der Waals surface area contributed by atoms with E-state index in [1.54, 1.807) is 5.54 Å². The van der Waals surface area contributed by atoms with E-state index in [0.29, 0.717) is 11.1 Å². The molecule has 1 aliphatic carbocycles. The highest BCUT2D eigenvalue weighted by atomic mass is 35.5. The minimum Gasteiger partial charge on any atom is -0.308 e. The standard InChI is InChI=1S/C16H29ClN2/c1-4-15(5-2)13-19(11-14(3)10-17)16(12-18-15)8-6-7-9-16/h10,18H,4-9,11-13H2,1-3H3. The third-order valence-corrected chi connectivity index (χ3v) is 5.84. The zero-order valence-corrected chi connectivity index (χ0v) is 13.5. The summed E-state index contributed by atoms with van der Waals surface area (Å²) in [5.74, 6) is 0. The Morgan fingerprint density at radius 3 is 2.42 bits per heavy atom. The summed E-state index contributed by atoms with van der Waals surface area (Å²) in [7, 11) is 0. The lowest BCUT2D eigenvalue weighted by atomic mass is 9.82. The fourth-order valence-corrected chi connectivity index (χ4v) is 3.93. The van der Waals surface area contributed by atoms with Crippen molar-refractivity contribution in [2.24, 2.45) is 0 Å². The molecule has 2 rings (SSSR count). The van der Waals surface area contributed by atoms with Crippen LogP contribution in [0.2, 0.25) is 0 Å². The molecule has 2 aliphatic rings. The highest BCUT2D eigenvalue weighted by Gasteiger charge is 2.47. The molecule has 3 heteroatoms. The lowest BCUT2D eigenvalue weighted by Gasteiger charge is -2.53. The van der Waals surface area contributed by atoms with Crippen molar-refractivity contribution in [2.75, 3.05) is 19.6 Å². The molecule has 0 radical (unpaired) electrons. The van der Waals surface area contributed by atoms with Gasteiger partial charge in [-0.2, -0.15) is 0 Å². The van der Waals surface area contributed by atoms with Crippen molar-refractivity contribution in [1.82, 2.24) is 10.2 Å². The van der Waals surface area contributed by atoms with E-state index < -0.39 is 0 Å². The molecule has 1 saturated carbocycles. The molecule has 110 valence electrons. The number of halogens is 1. The summed E-state index contributed by atoms with van der Waals surface area (Å²) in [4.78, 5) is 2.73. The van der Waals surface area contributed by atoms with E-state index in [1.807, 2.05) is 0 Å². The lowest BCUT2D eigenvalue weighted by molar-refractivity contribution is 0.0115. The van der Waals surface area contributed by atoms with Crippen molar-refractivity contribution in [2.45, 2.75) is 70.4 Å². The SMILES string of the molecule is CCC1(CC)CN(CC(C)=CCl)C2(CCCC2)CN1. The van der Waals surface area contributed by atoms with E-state index in [-0.39, 0.29) is 0 Å². The molecule has 2 fully saturated rings. The highest BCUT2D eigenvalue weighted by Crippen LogP contribution is 2.40. The van der Waals surface area contributed by atoms with Crippen molar-refractivity contribution in [3.8, 4) is 0 Å². The molecule has 0 aromatic rings. The van der Waals surface area contributed by atoms with Crippen LogP contribution in [-0.4, -0.2) is 35.6 Å². The van der Waals surface area contributed by atoms with Crippen molar-refractivity contribution in [3.05, 3.63) is 11.1 Å². The predicted octanol–water partition coefficient (Wildman–Crippen LogP) is 3.91. The van der Waals surface area contributed by atoms with Crippen LogP contribution in [0.3, 0.4) is 0 Å². The van der Waals surface area contributed by atoms with Crippen LogP contribution in [-0.2, 0) is 0 Å². The second kappa shape index (κ2) is 6.15. The van der Waals surface area contributed by atoms with Crippen molar-refractivity contribution in [1.29, 1.82) is 0 Å². The third-order valence-electron chi connectivity index (χ3n) is 5.47. The molecule has 1 aliphatic heterocycles. The minimum absolute atomic E-state index is 0.306. The van der Waals surface area contributed by atoms with Crippen LogP contribution >= 0.6 is 11.6 Å². The molecule has 0 unspecified atom stereocenters. The van der Waals surface area contributed by atoms with Crippen LogP contribution in [0.5, 0.6) is 0 Å². The van der Waals surface area contributed by atoms with Gasteiger partial charge in [0.15, 0.2) is 0 Å². The van der Waals surface area contributed by atoms with Gasteiger partial charge in [-0.3, -0.25) is 4.90 Å². The lowest BCUT2D eigenvalue weighted by Crippen LogP contribution is -2.69. The molecule has 19 heavy (non-hydrogen) atoms. The van der Waals surface area contributed by atoms with E-state index in [0.717, 1.165) is 13.1 Å². The Morgan fingerprint density at radius 2 is 1.89 bits per heavy atom. The van der Waals surface area contributed by atoms with Crippen LogP contribution in [0.15, 0.2) is 11.1 Å². The van der Waals surface area contributed by atoms with Gasteiger partial charge in [0, 0.05) is 36.2 Å². The van der Waals surface area contributed by atoms with Gasteiger partial charge in [-0.15, -0.1) is 0 Å². The Hall–Kier alpha value is -0.0500. The van der Waals surface area contributed by atoms with Crippen LogP contribution in [0.25, 0.3) is 0 Å². The molecule has 0 atom stereocenters. The number of nitrogens with zero attached hydrogens (tertiary/aromatic N) is 1. The Kier molecular flexibility index (Phi) is 4.97. The zero-order valence-electron chi connectivity index (χ0n) is 12.8. The van der Waals surface area contributed by atoms with Gasteiger partial charge >= 0.3 is 0 Å². The fraction of sp³-hybridized carbons (Fsp3) is 0.875. The van der Waals surface area contributed by atoms with Crippen molar-refractivity contribution < 1.29 is 0 Å². The molecular formula is C16H29ClN2. The van der Waals surface area contributed by atoms with E-state index in [4.69, 9.17) is 11.6 Å². The topological polar surface area (TPSA) is 15.3 Å². The molecule has 1 heterocycles. The second-order valence-electron chi connectivity index (χ2n) is 6.58. The normalized spacial score (nSPS) is 27.1. The van der Waals surface area contributed by atoms with E-state index in [9.17, 15) is 0 Å². The first-order valence-electron chi connectivity index (χ1n) is 7.86. The highest BCUT2D eigenvalue weighted by molar-refractivity contribution is 6.25. The molecule has 0 aromatic carbocycles. The molecule has 1 spiro atoms. The van der Waals surface area contributed by atoms with E-state index in [2.05, 4.69) is 31.0 Å². The molecular weight excluding hydrogens is 256 g/mol. The minimum atomic E-state index is 0.306. The molecule has 0 aromatic heterocycles. The van der Waals surface area contributed by atoms with Crippen LogP contribution in [0.4, 0.5) is 0 Å². The molecule has 2 nitrogen and oxygen atoms in total. The van der Waals surface area contributed by atoms with Crippen molar-refractivity contribution >= 4 is 11.6 Å². The average Bonchev–Trinajstić information content (AvgIpc) is 2.91. The zero-order chi connectivity index (χ0) is 13.9. The Bertz CT molecular complexity index is 328. The molecule has 0 bridgehead atoms. The summed E-state index contributed by atoms with van der Waals surface area (Å²) >= 11 is 5.90. The third kappa shape index (κ3) is 3.01. The van der Waals surface area contributed by atoms with Gasteiger partial charge in [0.25, 0.3) is 0 Å². The first kappa shape index (κ1) is 15.3. The summed E-state index contributed by atoms with van der Waals surface area (Å²) in [6.07, 6.45) is 7.87. The molecule has 1 N–H and O–H groups in total.